The second kappa shape index (κ2) is 13.1. The second-order valence-electron chi connectivity index (χ2n) is 13.0. The van der Waals surface area contributed by atoms with E-state index in [1.807, 2.05) is 48.1 Å². The van der Waals surface area contributed by atoms with Crippen molar-refractivity contribution < 1.29 is 19.1 Å². The molecule has 0 N–H and O–H groups in total. The molecule has 12 nitrogen and oxygen atoms in total. The fourth-order valence-corrected chi connectivity index (χ4v) is 6.12. The Hall–Kier alpha value is -4.42. The minimum Gasteiger partial charge on any atom is -0.483 e. The number of carbonyl (C=O) groups excluding carboxylic acids is 2. The van der Waals surface area contributed by atoms with Crippen LogP contribution in [0.15, 0.2) is 63.7 Å². The molecule has 1 amide bonds. The molecule has 2 aliphatic rings. The van der Waals surface area contributed by atoms with Crippen molar-refractivity contribution in [1.82, 2.24) is 28.6 Å². The Bertz CT molecular complexity index is 1750. The summed E-state index contributed by atoms with van der Waals surface area (Å²) in [4.78, 5) is 58.6. The smallest absolute Gasteiger partial charge is 0.415 e. The quantitative estimate of drug-likeness (QED) is 0.234. The van der Waals surface area contributed by atoms with E-state index in [0.29, 0.717) is 41.4 Å². The van der Waals surface area contributed by atoms with Crippen LogP contribution in [0.5, 0.6) is 11.5 Å². The molecular weight excluding hydrogens is 588 g/mol. The van der Waals surface area contributed by atoms with E-state index in [9.17, 15) is 19.2 Å². The summed E-state index contributed by atoms with van der Waals surface area (Å²) >= 11 is 0. The van der Waals surface area contributed by atoms with Crippen molar-refractivity contribution >= 4 is 11.9 Å². The van der Waals surface area contributed by atoms with E-state index in [2.05, 4.69) is 9.80 Å². The standard InChI is InChI=1S/C34H44N6O6/c1-23(41)24-10-12-25(13-11-24)39-31(42)38-21-16-28-30(40(38)32(39)43)27-15-14-26(22-29(27)46-34(28,2)3)45-33(44)37(19-8-17-35(4)5)20-9-18-36(6)7/h10-16,22,30H,8-9,17-21H2,1-7H3. The zero-order valence-corrected chi connectivity index (χ0v) is 27.8. The number of hydrogen-bond acceptors (Lipinski definition) is 8. The van der Waals surface area contributed by atoms with E-state index in [4.69, 9.17) is 9.47 Å². The fourth-order valence-electron chi connectivity index (χ4n) is 6.12. The predicted molar refractivity (Wildman–Crippen MR) is 176 cm³/mol. The van der Waals surface area contributed by atoms with Crippen LogP contribution in [0.2, 0.25) is 0 Å². The Morgan fingerprint density at radius 1 is 0.913 bits per heavy atom. The minimum atomic E-state index is -0.809. The van der Waals surface area contributed by atoms with Gasteiger partial charge in [-0.3, -0.25) is 4.79 Å². The SMILES string of the molecule is CC(=O)c1ccc(-n2c(=O)n3n(c2=O)C2C(=CC3)C(C)(C)Oc3cc(OC(=O)N(CCCN(C)C)CCCN(C)C)ccc32)cc1. The summed E-state index contributed by atoms with van der Waals surface area (Å²) in [5.41, 5.74) is 0.619. The van der Waals surface area contributed by atoms with Crippen molar-refractivity contribution in [3.8, 4) is 17.2 Å². The lowest BCUT2D eigenvalue weighted by atomic mass is 9.83. The molecule has 0 bridgehead atoms. The van der Waals surface area contributed by atoms with Gasteiger partial charge in [-0.2, -0.15) is 0 Å². The largest absolute Gasteiger partial charge is 0.483 e. The molecule has 0 fully saturated rings. The zero-order chi connectivity index (χ0) is 33.3. The lowest BCUT2D eigenvalue weighted by Crippen LogP contribution is -2.46. The molecule has 1 unspecified atom stereocenters. The van der Waals surface area contributed by atoms with E-state index in [0.717, 1.165) is 36.1 Å². The number of benzene rings is 2. The number of rotatable bonds is 11. The number of aromatic nitrogens is 3. The highest BCUT2D eigenvalue weighted by Gasteiger charge is 2.44. The maximum atomic E-state index is 14.0. The summed E-state index contributed by atoms with van der Waals surface area (Å²) in [5, 5.41) is 0. The highest BCUT2D eigenvalue weighted by molar-refractivity contribution is 5.94. The first-order valence-corrected chi connectivity index (χ1v) is 15.6. The van der Waals surface area contributed by atoms with Crippen molar-refractivity contribution in [1.29, 1.82) is 0 Å². The average Bonchev–Trinajstić information content (AvgIpc) is 3.24. The Kier molecular flexibility index (Phi) is 9.41. The molecule has 5 rings (SSSR count). The van der Waals surface area contributed by atoms with Crippen LogP contribution in [0.4, 0.5) is 4.79 Å². The van der Waals surface area contributed by atoms with Gasteiger partial charge < -0.3 is 24.2 Å². The van der Waals surface area contributed by atoms with Crippen molar-refractivity contribution in [2.75, 3.05) is 54.4 Å². The number of amides is 1. The van der Waals surface area contributed by atoms with Crippen LogP contribution < -0.4 is 20.9 Å². The third-order valence-corrected chi connectivity index (χ3v) is 8.48. The zero-order valence-electron chi connectivity index (χ0n) is 27.8. The average molecular weight is 633 g/mol. The van der Waals surface area contributed by atoms with Gasteiger partial charge in [0.25, 0.3) is 0 Å². The third-order valence-electron chi connectivity index (χ3n) is 8.48. The van der Waals surface area contributed by atoms with Gasteiger partial charge in [-0.25, -0.2) is 28.3 Å². The first-order chi connectivity index (χ1) is 21.8. The van der Waals surface area contributed by atoms with Gasteiger partial charge in [-0.15, -0.1) is 0 Å². The number of nitrogens with zero attached hydrogens (tertiary/aromatic N) is 6. The molecule has 12 heteroatoms. The summed E-state index contributed by atoms with van der Waals surface area (Å²) in [5.74, 6) is 0.699. The van der Waals surface area contributed by atoms with Crippen molar-refractivity contribution in [2.45, 2.75) is 51.8 Å². The van der Waals surface area contributed by atoms with Crippen LogP contribution >= 0.6 is 0 Å². The van der Waals surface area contributed by atoms with Crippen LogP contribution in [0.1, 0.15) is 55.6 Å². The number of ketones is 1. The Labute approximate surface area is 269 Å². The summed E-state index contributed by atoms with van der Waals surface area (Å²) < 4.78 is 16.3. The highest BCUT2D eigenvalue weighted by Crippen LogP contribution is 2.47. The molecule has 46 heavy (non-hydrogen) atoms. The Morgan fingerprint density at radius 2 is 1.54 bits per heavy atom. The molecule has 0 radical (unpaired) electrons. The Balaban J connectivity index is 1.46. The molecule has 0 saturated heterocycles. The molecule has 246 valence electrons. The van der Waals surface area contributed by atoms with E-state index >= 15 is 0 Å². The van der Waals surface area contributed by atoms with Crippen LogP contribution in [0, 0.1) is 0 Å². The molecule has 1 aromatic heterocycles. The first-order valence-electron chi connectivity index (χ1n) is 15.6. The lowest BCUT2D eigenvalue weighted by Gasteiger charge is -2.42. The first kappa shape index (κ1) is 33.0. The van der Waals surface area contributed by atoms with Gasteiger partial charge in [0.05, 0.1) is 12.2 Å². The van der Waals surface area contributed by atoms with Gasteiger partial charge in [-0.1, -0.05) is 6.08 Å². The monoisotopic (exact) mass is 632 g/mol. The maximum absolute atomic E-state index is 14.0. The number of Topliss-reactive ketones (excluding diaryl/α,β-unsaturated/α-hetero) is 1. The summed E-state index contributed by atoms with van der Waals surface area (Å²) in [6.45, 7) is 8.36. The number of hydrogen-bond donors (Lipinski definition) is 0. The number of fused-ring (bicyclic) bond motifs is 5. The molecule has 0 aliphatic carbocycles. The van der Waals surface area contributed by atoms with Gasteiger partial charge in [-0.05, 0) is 117 Å². The van der Waals surface area contributed by atoms with E-state index in [1.54, 1.807) is 47.4 Å². The normalized spacial score (nSPS) is 16.3. The van der Waals surface area contributed by atoms with Gasteiger partial charge in [0, 0.05) is 30.3 Å². The van der Waals surface area contributed by atoms with Crippen LogP contribution in [-0.2, 0) is 6.54 Å². The molecular formula is C34H44N6O6. The Morgan fingerprint density at radius 3 is 2.13 bits per heavy atom. The number of ether oxygens (including phenoxy) is 2. The summed E-state index contributed by atoms with van der Waals surface area (Å²) in [7, 11) is 8.02. The van der Waals surface area contributed by atoms with Crippen molar-refractivity contribution in [3.63, 3.8) is 0 Å². The number of carbonyl (C=O) groups is 2. The van der Waals surface area contributed by atoms with Crippen molar-refractivity contribution in [3.05, 3.63) is 86.2 Å². The summed E-state index contributed by atoms with van der Waals surface area (Å²) in [6.07, 6.45) is 3.15. The van der Waals surface area contributed by atoms with Gasteiger partial charge >= 0.3 is 17.5 Å². The van der Waals surface area contributed by atoms with Crippen LogP contribution in [-0.4, -0.2) is 100 Å². The predicted octanol–water partition coefficient (Wildman–Crippen LogP) is 3.41. The lowest BCUT2D eigenvalue weighted by molar-refractivity contribution is 0.101. The van der Waals surface area contributed by atoms with Crippen LogP contribution in [0.3, 0.4) is 0 Å². The maximum Gasteiger partial charge on any atom is 0.415 e. The molecule has 2 aromatic carbocycles. The topological polar surface area (TPSA) is 111 Å². The molecule has 1 atom stereocenters. The molecule has 3 heterocycles. The van der Waals surface area contributed by atoms with Gasteiger partial charge in [0.15, 0.2) is 5.78 Å². The van der Waals surface area contributed by atoms with E-state index < -0.39 is 29.1 Å². The van der Waals surface area contributed by atoms with Gasteiger partial charge in [0.1, 0.15) is 23.1 Å². The third kappa shape index (κ3) is 6.59. The number of allylic oxidation sites excluding steroid dienone is 1. The van der Waals surface area contributed by atoms with Crippen molar-refractivity contribution in [2.24, 2.45) is 0 Å². The molecule has 0 spiro atoms. The van der Waals surface area contributed by atoms with Gasteiger partial charge in [0.2, 0.25) is 0 Å². The summed E-state index contributed by atoms with van der Waals surface area (Å²) in [6, 6.07) is 11.0. The molecule has 3 aromatic rings. The minimum absolute atomic E-state index is 0.104. The second-order valence-corrected chi connectivity index (χ2v) is 13.0. The van der Waals surface area contributed by atoms with E-state index in [-0.39, 0.29) is 12.3 Å². The highest BCUT2D eigenvalue weighted by atomic mass is 16.6. The molecule has 2 aliphatic heterocycles. The molecule has 0 saturated carbocycles. The fraction of sp³-hybridized carbons (Fsp3) is 0.471. The van der Waals surface area contributed by atoms with E-state index in [1.165, 1.54) is 16.3 Å². The van der Waals surface area contributed by atoms with Crippen LogP contribution in [0.25, 0.3) is 5.69 Å².